The van der Waals surface area contributed by atoms with Crippen LogP contribution in [0.2, 0.25) is 0 Å². The average molecular weight is 317 g/mol. The predicted octanol–water partition coefficient (Wildman–Crippen LogP) is 2.66. The highest BCUT2D eigenvalue weighted by Crippen LogP contribution is 2.16. The summed E-state index contributed by atoms with van der Waals surface area (Å²) in [5.41, 5.74) is 0.175. The molecule has 1 rings (SSSR count). The predicted molar refractivity (Wildman–Crippen MR) is 74.2 cm³/mol. The fourth-order valence-electron chi connectivity index (χ4n) is 1.19. The number of nitrogens with one attached hydrogen (secondary N) is 1. The second-order valence-corrected chi connectivity index (χ2v) is 5.87. The molecule has 18 heavy (non-hydrogen) atoms. The third kappa shape index (κ3) is 3.78. The Morgan fingerprint density at radius 1 is 1.44 bits per heavy atom. The summed E-state index contributed by atoms with van der Waals surface area (Å²) in [6.07, 6.45) is 0. The molecule has 0 spiro atoms. The van der Waals surface area contributed by atoms with E-state index < -0.39 is 5.82 Å². The summed E-state index contributed by atoms with van der Waals surface area (Å²) in [7, 11) is 3.90. The highest BCUT2D eigenvalue weighted by atomic mass is 79.9. The maximum Gasteiger partial charge on any atom is 0.251 e. The van der Waals surface area contributed by atoms with Gasteiger partial charge in [0.2, 0.25) is 0 Å². The van der Waals surface area contributed by atoms with Crippen molar-refractivity contribution in [2.75, 3.05) is 20.6 Å². The van der Waals surface area contributed by atoms with E-state index in [0.29, 0.717) is 16.6 Å². The first-order valence-corrected chi connectivity index (χ1v) is 6.44. The van der Waals surface area contributed by atoms with Crippen molar-refractivity contribution in [3.05, 3.63) is 34.1 Å². The Bertz CT molecular complexity index is 447. The molecular weight excluding hydrogens is 299 g/mol. The Morgan fingerprint density at radius 3 is 2.56 bits per heavy atom. The molecule has 0 bridgehead atoms. The maximum absolute atomic E-state index is 13.3. The van der Waals surface area contributed by atoms with E-state index in [1.54, 1.807) is 6.07 Å². The van der Waals surface area contributed by atoms with Gasteiger partial charge in [0.15, 0.2) is 0 Å². The number of halogens is 2. The molecule has 0 aliphatic rings. The molecule has 0 heterocycles. The fraction of sp³-hybridized carbons (Fsp3) is 0.462. The Morgan fingerprint density at radius 2 is 2.06 bits per heavy atom. The van der Waals surface area contributed by atoms with Gasteiger partial charge in [0.25, 0.3) is 5.91 Å². The number of carbonyl (C=O) groups is 1. The summed E-state index contributed by atoms with van der Waals surface area (Å²) < 4.78 is 13.7. The summed E-state index contributed by atoms with van der Waals surface area (Å²) in [4.78, 5) is 13.9. The Balaban J connectivity index is 2.69. The van der Waals surface area contributed by atoms with Gasteiger partial charge in [-0.25, -0.2) is 4.39 Å². The van der Waals surface area contributed by atoms with Gasteiger partial charge in [0.05, 0.1) is 4.47 Å². The van der Waals surface area contributed by atoms with E-state index in [0.717, 1.165) is 0 Å². The first-order valence-electron chi connectivity index (χ1n) is 5.65. The van der Waals surface area contributed by atoms with Crippen LogP contribution in [0.3, 0.4) is 0 Å². The van der Waals surface area contributed by atoms with Gasteiger partial charge in [-0.3, -0.25) is 4.79 Å². The quantitative estimate of drug-likeness (QED) is 0.926. The van der Waals surface area contributed by atoms with Crippen molar-refractivity contribution in [1.29, 1.82) is 0 Å². The lowest BCUT2D eigenvalue weighted by Crippen LogP contribution is -2.48. The lowest BCUT2D eigenvalue weighted by molar-refractivity contribution is 0.0919. The summed E-state index contributed by atoms with van der Waals surface area (Å²) in [6, 6.07) is 4.34. The molecule has 0 saturated heterocycles. The summed E-state index contributed by atoms with van der Waals surface area (Å²) in [6.45, 7) is 4.54. The summed E-state index contributed by atoms with van der Waals surface area (Å²) in [5.74, 6) is -0.703. The number of likely N-dealkylation sites (N-methyl/N-ethyl adjacent to an activating group) is 1. The fourth-order valence-corrected chi connectivity index (χ4v) is 1.44. The van der Waals surface area contributed by atoms with Crippen LogP contribution in [-0.4, -0.2) is 37.0 Å². The van der Waals surface area contributed by atoms with E-state index in [1.807, 2.05) is 32.8 Å². The van der Waals surface area contributed by atoms with Crippen molar-refractivity contribution in [3.63, 3.8) is 0 Å². The average Bonchev–Trinajstić information content (AvgIpc) is 2.29. The topological polar surface area (TPSA) is 32.3 Å². The second-order valence-electron chi connectivity index (χ2n) is 5.02. The number of amides is 1. The van der Waals surface area contributed by atoms with Gasteiger partial charge in [0.1, 0.15) is 5.82 Å². The van der Waals surface area contributed by atoms with E-state index in [4.69, 9.17) is 0 Å². The van der Waals surface area contributed by atoms with Gasteiger partial charge in [-0.1, -0.05) is 0 Å². The lowest BCUT2D eigenvalue weighted by Gasteiger charge is -2.32. The van der Waals surface area contributed by atoms with Crippen LogP contribution in [0.25, 0.3) is 0 Å². The normalized spacial score (nSPS) is 11.7. The maximum atomic E-state index is 13.3. The number of hydrogen-bond acceptors (Lipinski definition) is 2. The van der Waals surface area contributed by atoms with Crippen LogP contribution in [0.15, 0.2) is 22.7 Å². The zero-order chi connectivity index (χ0) is 13.9. The van der Waals surface area contributed by atoms with E-state index in [9.17, 15) is 9.18 Å². The SMILES string of the molecule is CN(C)C(C)(C)CNC(=O)c1ccc(Br)c(F)c1. The van der Waals surface area contributed by atoms with Crippen molar-refractivity contribution < 1.29 is 9.18 Å². The van der Waals surface area contributed by atoms with Crippen molar-refractivity contribution in [2.45, 2.75) is 19.4 Å². The zero-order valence-electron chi connectivity index (χ0n) is 11.1. The molecule has 1 aromatic rings. The number of nitrogens with zero attached hydrogens (tertiary/aromatic N) is 1. The molecule has 1 amide bonds. The standard InChI is InChI=1S/C13H18BrFN2O/c1-13(2,17(3)4)8-16-12(18)9-5-6-10(14)11(15)7-9/h5-7H,8H2,1-4H3,(H,16,18). The van der Waals surface area contributed by atoms with Crippen molar-refractivity contribution >= 4 is 21.8 Å². The summed E-state index contributed by atoms with van der Waals surface area (Å²) in [5, 5.41) is 2.80. The van der Waals surface area contributed by atoms with Gasteiger partial charge in [0, 0.05) is 17.6 Å². The van der Waals surface area contributed by atoms with Crippen LogP contribution in [0, 0.1) is 5.82 Å². The van der Waals surface area contributed by atoms with Gasteiger partial charge >= 0.3 is 0 Å². The minimum atomic E-state index is -0.436. The largest absolute Gasteiger partial charge is 0.350 e. The number of carbonyl (C=O) groups excluding carboxylic acids is 1. The first-order chi connectivity index (χ1) is 8.24. The molecule has 0 aliphatic heterocycles. The number of benzene rings is 1. The van der Waals surface area contributed by atoms with Crippen molar-refractivity contribution in [3.8, 4) is 0 Å². The molecule has 0 unspecified atom stereocenters. The van der Waals surface area contributed by atoms with E-state index in [2.05, 4.69) is 21.2 Å². The van der Waals surface area contributed by atoms with E-state index in [1.165, 1.54) is 12.1 Å². The molecule has 0 aromatic heterocycles. The minimum Gasteiger partial charge on any atom is -0.350 e. The molecule has 0 aliphatic carbocycles. The molecule has 5 heteroatoms. The zero-order valence-corrected chi connectivity index (χ0v) is 12.6. The molecule has 0 radical (unpaired) electrons. The van der Waals surface area contributed by atoms with Crippen molar-refractivity contribution in [1.82, 2.24) is 10.2 Å². The van der Waals surface area contributed by atoms with Crippen LogP contribution in [0.5, 0.6) is 0 Å². The molecule has 1 aromatic carbocycles. The monoisotopic (exact) mass is 316 g/mol. The summed E-state index contributed by atoms with van der Waals surface area (Å²) >= 11 is 3.05. The van der Waals surface area contributed by atoms with Crippen LogP contribution in [0.1, 0.15) is 24.2 Å². The third-order valence-electron chi connectivity index (χ3n) is 3.07. The smallest absolute Gasteiger partial charge is 0.251 e. The van der Waals surface area contributed by atoms with Crippen LogP contribution < -0.4 is 5.32 Å². The molecular formula is C13H18BrFN2O. The van der Waals surface area contributed by atoms with E-state index in [-0.39, 0.29) is 11.4 Å². The van der Waals surface area contributed by atoms with Gasteiger partial charge < -0.3 is 10.2 Å². The highest BCUT2D eigenvalue weighted by Gasteiger charge is 2.21. The molecule has 0 saturated carbocycles. The first kappa shape index (κ1) is 15.1. The van der Waals surface area contributed by atoms with Crippen LogP contribution in [-0.2, 0) is 0 Å². The molecule has 3 nitrogen and oxygen atoms in total. The molecule has 1 N–H and O–H groups in total. The molecule has 0 fully saturated rings. The lowest BCUT2D eigenvalue weighted by atomic mass is 10.0. The minimum absolute atomic E-state index is 0.149. The van der Waals surface area contributed by atoms with Gasteiger partial charge in [-0.15, -0.1) is 0 Å². The number of hydrogen-bond donors (Lipinski definition) is 1. The van der Waals surface area contributed by atoms with Crippen LogP contribution in [0.4, 0.5) is 4.39 Å². The van der Waals surface area contributed by atoms with Crippen LogP contribution >= 0.6 is 15.9 Å². The molecule has 0 atom stereocenters. The highest BCUT2D eigenvalue weighted by molar-refractivity contribution is 9.10. The van der Waals surface area contributed by atoms with E-state index >= 15 is 0 Å². The Hall–Kier alpha value is -0.940. The second kappa shape index (κ2) is 5.80. The number of rotatable bonds is 4. The van der Waals surface area contributed by atoms with Gasteiger partial charge in [-0.05, 0) is 62.1 Å². The third-order valence-corrected chi connectivity index (χ3v) is 3.72. The van der Waals surface area contributed by atoms with Crippen molar-refractivity contribution in [2.24, 2.45) is 0 Å². The Kier molecular flexibility index (Phi) is 4.87. The van der Waals surface area contributed by atoms with Gasteiger partial charge in [-0.2, -0.15) is 0 Å². The Labute approximate surface area is 115 Å². The molecule has 100 valence electrons.